The van der Waals surface area contributed by atoms with Crippen LogP contribution in [0.3, 0.4) is 0 Å². The summed E-state index contributed by atoms with van der Waals surface area (Å²) in [5, 5.41) is 0. The van der Waals surface area contributed by atoms with Gasteiger partial charge in [-0.2, -0.15) is 0 Å². The van der Waals surface area contributed by atoms with Gasteiger partial charge in [-0.05, 0) is 19.1 Å². The number of carbonyl (C=O) groups excluding carboxylic acids is 1. The van der Waals surface area contributed by atoms with Gasteiger partial charge in [0.05, 0.1) is 24.8 Å². The molecule has 1 fully saturated rings. The minimum atomic E-state index is -0.0681. The largest absolute Gasteiger partial charge is 0.383 e. The van der Waals surface area contributed by atoms with Crippen molar-refractivity contribution in [2.45, 2.75) is 13.0 Å². The summed E-state index contributed by atoms with van der Waals surface area (Å²) < 4.78 is 5.29. The molecule has 5 nitrogen and oxygen atoms in total. The highest BCUT2D eigenvalue weighted by molar-refractivity contribution is 5.98. The number of aromatic nitrogens is 1. The Hall–Kier alpha value is -1.62. The van der Waals surface area contributed by atoms with Crippen molar-refractivity contribution < 1.29 is 9.53 Å². The number of pyridine rings is 1. The fraction of sp³-hybridized carbons (Fsp3) is 0.455. The molecule has 0 radical (unpaired) electrons. The molecular formula is C11H15N3O2. The molecule has 1 aliphatic heterocycles. The van der Waals surface area contributed by atoms with E-state index in [0.717, 1.165) is 0 Å². The van der Waals surface area contributed by atoms with E-state index in [1.165, 1.54) is 0 Å². The minimum Gasteiger partial charge on any atom is -0.383 e. The summed E-state index contributed by atoms with van der Waals surface area (Å²) in [4.78, 5) is 17.9. The summed E-state index contributed by atoms with van der Waals surface area (Å²) >= 11 is 0. The van der Waals surface area contributed by atoms with Crippen LogP contribution in [0.1, 0.15) is 17.3 Å². The molecule has 1 aromatic rings. The molecule has 1 atom stereocenters. The van der Waals surface area contributed by atoms with Crippen LogP contribution in [0.15, 0.2) is 18.3 Å². The van der Waals surface area contributed by atoms with Crippen molar-refractivity contribution in [1.82, 2.24) is 9.88 Å². The lowest BCUT2D eigenvalue weighted by molar-refractivity contribution is 0.00363. The van der Waals surface area contributed by atoms with Crippen LogP contribution < -0.4 is 5.73 Å². The third-order valence-corrected chi connectivity index (χ3v) is 2.70. The third kappa shape index (κ3) is 1.99. The zero-order chi connectivity index (χ0) is 11.5. The Labute approximate surface area is 94.2 Å². The molecule has 86 valence electrons. The average molecular weight is 221 g/mol. The van der Waals surface area contributed by atoms with Crippen molar-refractivity contribution in [3.05, 3.63) is 23.9 Å². The third-order valence-electron chi connectivity index (χ3n) is 2.70. The topological polar surface area (TPSA) is 68.5 Å². The van der Waals surface area contributed by atoms with Gasteiger partial charge in [0.1, 0.15) is 5.82 Å². The second-order valence-corrected chi connectivity index (χ2v) is 3.86. The molecule has 5 heteroatoms. The van der Waals surface area contributed by atoms with E-state index in [-0.39, 0.29) is 17.8 Å². The second kappa shape index (κ2) is 4.49. The molecule has 2 N–H and O–H groups in total. The Morgan fingerprint density at radius 1 is 1.69 bits per heavy atom. The van der Waals surface area contributed by atoms with Gasteiger partial charge in [-0.1, -0.05) is 0 Å². The molecule has 0 spiro atoms. The van der Waals surface area contributed by atoms with Crippen LogP contribution in [0.4, 0.5) is 5.82 Å². The lowest BCUT2D eigenvalue weighted by Crippen LogP contribution is -2.47. The van der Waals surface area contributed by atoms with Crippen molar-refractivity contribution in [2.75, 3.05) is 25.5 Å². The average Bonchev–Trinajstić information content (AvgIpc) is 2.29. The van der Waals surface area contributed by atoms with Crippen LogP contribution in [0.5, 0.6) is 0 Å². The number of hydrogen-bond donors (Lipinski definition) is 1. The van der Waals surface area contributed by atoms with Gasteiger partial charge in [0.2, 0.25) is 0 Å². The Morgan fingerprint density at radius 2 is 2.50 bits per heavy atom. The highest BCUT2D eigenvalue weighted by atomic mass is 16.5. The number of carbonyl (C=O) groups is 1. The van der Waals surface area contributed by atoms with Gasteiger partial charge in [-0.15, -0.1) is 0 Å². The molecule has 2 heterocycles. The monoisotopic (exact) mass is 221 g/mol. The van der Waals surface area contributed by atoms with Crippen molar-refractivity contribution >= 4 is 11.7 Å². The number of morpholine rings is 1. The maximum atomic E-state index is 12.2. The van der Waals surface area contributed by atoms with E-state index in [0.29, 0.717) is 25.3 Å². The maximum absolute atomic E-state index is 12.2. The maximum Gasteiger partial charge on any atom is 0.257 e. The number of rotatable bonds is 1. The van der Waals surface area contributed by atoms with Gasteiger partial charge in [-0.3, -0.25) is 4.79 Å². The zero-order valence-electron chi connectivity index (χ0n) is 9.22. The molecular weight excluding hydrogens is 206 g/mol. The molecule has 16 heavy (non-hydrogen) atoms. The molecule has 1 aliphatic rings. The van der Waals surface area contributed by atoms with Crippen LogP contribution in [0.25, 0.3) is 0 Å². The minimum absolute atomic E-state index is 0.0681. The zero-order valence-corrected chi connectivity index (χ0v) is 9.22. The van der Waals surface area contributed by atoms with Crippen LogP contribution >= 0.6 is 0 Å². The Kier molecular flexibility index (Phi) is 3.05. The summed E-state index contributed by atoms with van der Waals surface area (Å²) in [5.74, 6) is 0.215. The highest BCUT2D eigenvalue weighted by Crippen LogP contribution is 2.15. The molecule has 1 unspecified atom stereocenters. The number of nitrogens with zero attached hydrogens (tertiary/aromatic N) is 2. The number of ether oxygens (including phenoxy) is 1. The molecule has 1 amide bonds. The first-order valence-corrected chi connectivity index (χ1v) is 5.29. The molecule has 0 aliphatic carbocycles. The van der Waals surface area contributed by atoms with E-state index < -0.39 is 0 Å². The number of hydrogen-bond acceptors (Lipinski definition) is 4. The summed E-state index contributed by atoms with van der Waals surface area (Å²) in [6.07, 6.45) is 1.58. The van der Waals surface area contributed by atoms with Gasteiger partial charge in [0.25, 0.3) is 5.91 Å². The lowest BCUT2D eigenvalue weighted by Gasteiger charge is -2.33. The molecule has 0 saturated carbocycles. The first-order valence-electron chi connectivity index (χ1n) is 5.29. The smallest absolute Gasteiger partial charge is 0.257 e. The van der Waals surface area contributed by atoms with E-state index in [1.807, 2.05) is 6.92 Å². The molecule has 2 rings (SSSR count). The van der Waals surface area contributed by atoms with Crippen molar-refractivity contribution in [3.63, 3.8) is 0 Å². The Bertz CT molecular complexity index is 395. The van der Waals surface area contributed by atoms with E-state index in [1.54, 1.807) is 23.2 Å². The number of nitrogen functional groups attached to an aromatic ring is 1. The molecule has 0 bridgehead atoms. The fourth-order valence-corrected chi connectivity index (χ4v) is 1.78. The normalized spacial score (nSPS) is 20.8. The number of nitrogens with two attached hydrogens (primary N) is 1. The van der Waals surface area contributed by atoms with Gasteiger partial charge in [-0.25, -0.2) is 4.98 Å². The van der Waals surface area contributed by atoms with Crippen LogP contribution in [-0.4, -0.2) is 41.6 Å². The van der Waals surface area contributed by atoms with Gasteiger partial charge < -0.3 is 15.4 Å². The van der Waals surface area contributed by atoms with E-state index in [2.05, 4.69) is 4.98 Å². The first kappa shape index (κ1) is 10.9. The summed E-state index contributed by atoms with van der Waals surface area (Å²) in [6, 6.07) is 3.50. The Morgan fingerprint density at radius 3 is 3.19 bits per heavy atom. The van der Waals surface area contributed by atoms with Crippen molar-refractivity contribution in [2.24, 2.45) is 0 Å². The van der Waals surface area contributed by atoms with Crippen molar-refractivity contribution in [3.8, 4) is 0 Å². The van der Waals surface area contributed by atoms with Crippen LogP contribution in [0, 0.1) is 0 Å². The van der Waals surface area contributed by atoms with Crippen LogP contribution in [0.2, 0.25) is 0 Å². The summed E-state index contributed by atoms with van der Waals surface area (Å²) in [7, 11) is 0. The highest BCUT2D eigenvalue weighted by Gasteiger charge is 2.25. The Balaban J connectivity index is 2.21. The molecule has 0 aromatic carbocycles. The molecule has 1 aromatic heterocycles. The SMILES string of the molecule is CC1COCCN1C(=O)c1cccnc1N. The summed E-state index contributed by atoms with van der Waals surface area (Å²) in [6.45, 7) is 3.72. The van der Waals surface area contributed by atoms with Gasteiger partial charge in [0, 0.05) is 12.7 Å². The number of anilines is 1. The lowest BCUT2D eigenvalue weighted by atomic mass is 10.2. The van der Waals surface area contributed by atoms with Gasteiger partial charge in [0.15, 0.2) is 0 Å². The standard InChI is InChI=1S/C11H15N3O2/c1-8-7-16-6-5-14(8)11(15)9-3-2-4-13-10(9)12/h2-4,8H,5-7H2,1H3,(H2,12,13). The molecule has 1 saturated heterocycles. The van der Waals surface area contributed by atoms with Crippen LogP contribution in [-0.2, 0) is 4.74 Å². The quantitative estimate of drug-likeness (QED) is 0.750. The van der Waals surface area contributed by atoms with E-state index >= 15 is 0 Å². The summed E-state index contributed by atoms with van der Waals surface area (Å²) in [5.41, 5.74) is 6.15. The first-order chi connectivity index (χ1) is 7.70. The number of amides is 1. The second-order valence-electron chi connectivity index (χ2n) is 3.86. The van der Waals surface area contributed by atoms with E-state index in [9.17, 15) is 4.79 Å². The predicted octanol–water partition coefficient (Wildman–Crippen LogP) is 0.525. The van der Waals surface area contributed by atoms with E-state index in [4.69, 9.17) is 10.5 Å². The van der Waals surface area contributed by atoms with Crippen molar-refractivity contribution in [1.29, 1.82) is 0 Å². The van der Waals surface area contributed by atoms with Gasteiger partial charge >= 0.3 is 0 Å². The predicted molar refractivity (Wildman–Crippen MR) is 60.0 cm³/mol. The fourth-order valence-electron chi connectivity index (χ4n) is 1.78.